The van der Waals surface area contributed by atoms with Crippen molar-refractivity contribution in [2.24, 2.45) is 17.8 Å². The second kappa shape index (κ2) is 4.05. The van der Waals surface area contributed by atoms with Gasteiger partial charge in [-0.25, -0.2) is 0 Å². The van der Waals surface area contributed by atoms with E-state index in [9.17, 15) is 0 Å². The number of rotatable bonds is 2. The van der Waals surface area contributed by atoms with E-state index in [-0.39, 0.29) is 5.38 Å². The molecule has 0 amide bonds. The first-order valence-electron chi connectivity index (χ1n) is 5.63. The Bertz CT molecular complexity index is 362. The molecule has 2 aliphatic rings. The van der Waals surface area contributed by atoms with Gasteiger partial charge in [0.2, 0.25) is 0 Å². The fourth-order valence-electron chi connectivity index (χ4n) is 3.34. The van der Waals surface area contributed by atoms with Crippen LogP contribution in [0.15, 0.2) is 15.9 Å². The van der Waals surface area contributed by atoms with Gasteiger partial charge >= 0.3 is 0 Å². The monoisotopic (exact) mass is 304 g/mol. The zero-order valence-corrected chi connectivity index (χ0v) is 11.6. The van der Waals surface area contributed by atoms with Crippen LogP contribution in [0.4, 0.5) is 0 Å². The van der Waals surface area contributed by atoms with E-state index in [0.717, 1.165) is 17.8 Å². The van der Waals surface area contributed by atoms with Crippen molar-refractivity contribution in [2.75, 3.05) is 0 Å². The molecule has 0 aromatic carbocycles. The molecular formula is C12H14BrClS. The molecule has 0 spiro atoms. The van der Waals surface area contributed by atoms with Crippen LogP contribution >= 0.6 is 38.9 Å². The van der Waals surface area contributed by atoms with Gasteiger partial charge in [0.15, 0.2) is 0 Å². The van der Waals surface area contributed by atoms with Gasteiger partial charge in [0, 0.05) is 4.88 Å². The average molecular weight is 306 g/mol. The Morgan fingerprint density at radius 1 is 1.33 bits per heavy atom. The normalized spacial score (nSPS) is 36.0. The highest BCUT2D eigenvalue weighted by atomic mass is 79.9. The molecule has 2 bridgehead atoms. The van der Waals surface area contributed by atoms with Gasteiger partial charge in [0.25, 0.3) is 0 Å². The summed E-state index contributed by atoms with van der Waals surface area (Å²) in [5, 5.41) is 0.261. The van der Waals surface area contributed by atoms with E-state index in [1.807, 2.05) is 0 Å². The summed E-state index contributed by atoms with van der Waals surface area (Å²) in [6.45, 7) is 0. The molecule has 4 unspecified atom stereocenters. The molecular weight excluding hydrogens is 292 g/mol. The van der Waals surface area contributed by atoms with Crippen LogP contribution in [0.3, 0.4) is 0 Å². The molecule has 2 aliphatic carbocycles. The number of hydrogen-bond acceptors (Lipinski definition) is 1. The Labute approximate surface area is 108 Å². The zero-order chi connectivity index (χ0) is 10.4. The lowest BCUT2D eigenvalue weighted by molar-refractivity contribution is 0.325. The van der Waals surface area contributed by atoms with Crippen LogP contribution in [0, 0.1) is 17.8 Å². The van der Waals surface area contributed by atoms with Crippen molar-refractivity contribution in [3.63, 3.8) is 0 Å². The molecule has 0 radical (unpaired) electrons. The van der Waals surface area contributed by atoms with Gasteiger partial charge in [-0.1, -0.05) is 6.42 Å². The van der Waals surface area contributed by atoms with Crippen LogP contribution in [0.5, 0.6) is 0 Å². The number of alkyl halides is 1. The molecule has 82 valence electrons. The van der Waals surface area contributed by atoms with Crippen molar-refractivity contribution < 1.29 is 0 Å². The quantitative estimate of drug-likeness (QED) is 0.657. The average Bonchev–Trinajstić information content (AvgIpc) is 2.90. The molecule has 1 aromatic rings. The van der Waals surface area contributed by atoms with E-state index in [2.05, 4.69) is 28.1 Å². The van der Waals surface area contributed by atoms with Gasteiger partial charge in [-0.05, 0) is 65.1 Å². The minimum atomic E-state index is 0.261. The third-order valence-corrected chi connectivity index (χ3v) is 6.43. The second-order valence-corrected chi connectivity index (χ2v) is 7.85. The first-order chi connectivity index (χ1) is 7.24. The minimum Gasteiger partial charge on any atom is -0.132 e. The smallest absolute Gasteiger partial charge is 0.0709 e. The predicted octanol–water partition coefficient (Wildman–Crippen LogP) is 5.23. The Kier molecular flexibility index (Phi) is 2.86. The van der Waals surface area contributed by atoms with Gasteiger partial charge in [-0.2, -0.15) is 0 Å². The number of fused-ring (bicyclic) bond motifs is 2. The van der Waals surface area contributed by atoms with Gasteiger partial charge in [0.1, 0.15) is 0 Å². The fraction of sp³-hybridized carbons (Fsp3) is 0.667. The standard InChI is InChI=1S/C12H14BrClS/c13-11-4-3-10(15-11)12(14)9-6-7-1-2-8(9)5-7/h3-4,7-9,12H,1-2,5-6H2. The molecule has 0 N–H and O–H groups in total. The molecule has 2 saturated carbocycles. The Morgan fingerprint density at radius 3 is 2.73 bits per heavy atom. The largest absolute Gasteiger partial charge is 0.132 e. The number of hydrogen-bond donors (Lipinski definition) is 0. The molecule has 0 aliphatic heterocycles. The van der Waals surface area contributed by atoms with Crippen LogP contribution in [0.1, 0.15) is 35.9 Å². The van der Waals surface area contributed by atoms with Gasteiger partial charge in [0.05, 0.1) is 9.16 Å². The Morgan fingerprint density at radius 2 is 2.20 bits per heavy atom. The van der Waals surface area contributed by atoms with Gasteiger partial charge in [-0.3, -0.25) is 0 Å². The Balaban J connectivity index is 1.77. The first kappa shape index (κ1) is 10.6. The predicted molar refractivity (Wildman–Crippen MR) is 69.6 cm³/mol. The van der Waals surface area contributed by atoms with Crippen LogP contribution in [0.25, 0.3) is 0 Å². The van der Waals surface area contributed by atoms with Crippen LogP contribution < -0.4 is 0 Å². The summed E-state index contributed by atoms with van der Waals surface area (Å²) in [5.74, 6) is 2.65. The summed E-state index contributed by atoms with van der Waals surface area (Å²) >= 11 is 11.9. The molecule has 3 heteroatoms. The zero-order valence-electron chi connectivity index (χ0n) is 8.46. The topological polar surface area (TPSA) is 0 Å². The number of thiophene rings is 1. The van der Waals surface area contributed by atoms with E-state index in [0.29, 0.717) is 0 Å². The van der Waals surface area contributed by atoms with Crippen molar-refractivity contribution in [1.29, 1.82) is 0 Å². The van der Waals surface area contributed by atoms with Crippen molar-refractivity contribution in [3.8, 4) is 0 Å². The third kappa shape index (κ3) is 1.89. The van der Waals surface area contributed by atoms with E-state index >= 15 is 0 Å². The van der Waals surface area contributed by atoms with Crippen LogP contribution in [-0.2, 0) is 0 Å². The summed E-state index contributed by atoms with van der Waals surface area (Å²) in [5.41, 5.74) is 0. The molecule has 0 saturated heterocycles. The maximum absolute atomic E-state index is 6.61. The summed E-state index contributed by atoms with van der Waals surface area (Å²) in [7, 11) is 0. The molecule has 2 fully saturated rings. The van der Waals surface area contributed by atoms with E-state index in [4.69, 9.17) is 11.6 Å². The molecule has 15 heavy (non-hydrogen) atoms. The van der Waals surface area contributed by atoms with E-state index in [1.165, 1.54) is 34.3 Å². The van der Waals surface area contributed by atoms with Crippen molar-refractivity contribution in [2.45, 2.75) is 31.1 Å². The SMILES string of the molecule is ClC(c1ccc(Br)s1)C1CC2CCC1C2. The van der Waals surface area contributed by atoms with E-state index in [1.54, 1.807) is 11.3 Å². The molecule has 0 nitrogen and oxygen atoms in total. The summed E-state index contributed by atoms with van der Waals surface area (Å²) in [6.07, 6.45) is 5.69. The van der Waals surface area contributed by atoms with Crippen LogP contribution in [0.2, 0.25) is 0 Å². The summed E-state index contributed by atoms with van der Waals surface area (Å²) < 4.78 is 1.20. The van der Waals surface area contributed by atoms with E-state index < -0.39 is 0 Å². The lowest BCUT2D eigenvalue weighted by Gasteiger charge is -2.25. The highest BCUT2D eigenvalue weighted by Gasteiger charge is 2.43. The summed E-state index contributed by atoms with van der Waals surface area (Å²) in [4.78, 5) is 1.35. The number of halogens is 2. The highest BCUT2D eigenvalue weighted by Crippen LogP contribution is 2.55. The lowest BCUT2D eigenvalue weighted by atomic mass is 9.86. The Hall–Kier alpha value is 0.470. The fourth-order valence-corrected chi connectivity index (χ4v) is 5.33. The lowest BCUT2D eigenvalue weighted by Crippen LogP contribution is -2.15. The molecule has 1 heterocycles. The van der Waals surface area contributed by atoms with Gasteiger partial charge in [-0.15, -0.1) is 22.9 Å². The molecule has 1 aromatic heterocycles. The van der Waals surface area contributed by atoms with Gasteiger partial charge < -0.3 is 0 Å². The summed E-state index contributed by atoms with van der Waals surface area (Å²) in [6, 6.07) is 4.29. The highest BCUT2D eigenvalue weighted by molar-refractivity contribution is 9.11. The minimum absolute atomic E-state index is 0.261. The van der Waals surface area contributed by atoms with Crippen LogP contribution in [-0.4, -0.2) is 0 Å². The third-order valence-electron chi connectivity index (χ3n) is 4.03. The maximum Gasteiger partial charge on any atom is 0.0709 e. The van der Waals surface area contributed by atoms with Crippen molar-refractivity contribution in [1.82, 2.24) is 0 Å². The second-order valence-electron chi connectivity index (χ2n) is 4.88. The molecule has 3 rings (SSSR count). The molecule has 4 atom stereocenters. The van der Waals surface area contributed by atoms with Crippen molar-refractivity contribution in [3.05, 3.63) is 20.8 Å². The first-order valence-corrected chi connectivity index (χ1v) is 7.68. The van der Waals surface area contributed by atoms with Crippen molar-refractivity contribution >= 4 is 38.9 Å². The maximum atomic E-state index is 6.61.